The van der Waals surface area contributed by atoms with Gasteiger partial charge in [-0.2, -0.15) is 0 Å². The minimum atomic E-state index is -1.00. The molecule has 0 aliphatic heterocycles. The van der Waals surface area contributed by atoms with Crippen LogP contribution in [0, 0.1) is 23.5 Å². The van der Waals surface area contributed by atoms with Gasteiger partial charge in [-0.05, 0) is 71.3 Å². The Labute approximate surface area is 182 Å². The number of allylic oxidation sites excluding steroid dienone is 1. The lowest BCUT2D eigenvalue weighted by molar-refractivity contribution is -0.149. The van der Waals surface area contributed by atoms with Crippen molar-refractivity contribution >= 4 is 21.9 Å². The Morgan fingerprint density at radius 3 is 2.53 bits per heavy atom. The molecule has 0 aromatic heterocycles. The number of halogens is 3. The van der Waals surface area contributed by atoms with Crippen molar-refractivity contribution in [1.29, 1.82) is 0 Å². The highest BCUT2D eigenvalue weighted by Crippen LogP contribution is 2.27. The van der Waals surface area contributed by atoms with Gasteiger partial charge in [0.2, 0.25) is 0 Å². The molecule has 2 aromatic rings. The van der Waals surface area contributed by atoms with Crippen LogP contribution in [0.4, 0.5) is 8.78 Å². The third-order valence-corrected chi connectivity index (χ3v) is 4.58. The molecule has 0 radical (unpaired) electrons. The predicted molar refractivity (Wildman–Crippen MR) is 113 cm³/mol. The lowest BCUT2D eigenvalue weighted by Gasteiger charge is -2.13. The van der Waals surface area contributed by atoms with Crippen LogP contribution in [-0.2, 0) is 16.0 Å². The Hall–Kier alpha value is -2.69. The third kappa shape index (κ3) is 7.62. The summed E-state index contributed by atoms with van der Waals surface area (Å²) in [5.41, 5.74) is 1.75. The lowest BCUT2D eigenvalue weighted by Crippen LogP contribution is -2.26. The number of rotatable bonds is 8. The highest BCUT2D eigenvalue weighted by molar-refractivity contribution is 9.10. The van der Waals surface area contributed by atoms with Crippen LogP contribution in [0.1, 0.15) is 25.0 Å². The Balaban J connectivity index is 1.97. The summed E-state index contributed by atoms with van der Waals surface area (Å²) in [6.45, 7) is 4.08. The summed E-state index contributed by atoms with van der Waals surface area (Å²) in [6, 6.07) is 8.44. The van der Waals surface area contributed by atoms with Crippen LogP contribution in [0.25, 0.3) is 0 Å². The second kappa shape index (κ2) is 11.5. The molecule has 0 aliphatic rings. The summed E-state index contributed by atoms with van der Waals surface area (Å²) in [4.78, 5) is 11.2. The van der Waals surface area contributed by atoms with E-state index in [0.29, 0.717) is 22.4 Å². The van der Waals surface area contributed by atoms with Gasteiger partial charge in [0, 0.05) is 24.7 Å². The maximum atomic E-state index is 13.2. The Bertz CT molecular complexity index is 972. The number of hydrogen-bond donors (Lipinski definition) is 1. The number of hydrogen-bond acceptors (Lipinski definition) is 3. The second-order valence-electron chi connectivity index (χ2n) is 6.36. The molecule has 0 fully saturated rings. The zero-order valence-electron chi connectivity index (χ0n) is 16.5. The van der Waals surface area contributed by atoms with E-state index < -0.39 is 23.7 Å². The molecular formula is C23H21BrF2O4. The molecule has 7 heteroatoms. The maximum Gasteiger partial charge on any atom is 0.333 e. The zero-order chi connectivity index (χ0) is 22.1. The highest BCUT2D eigenvalue weighted by Gasteiger charge is 2.18. The molecular weight excluding hydrogens is 458 g/mol. The SMILES string of the molecule is CCO[C@@H](Cc1ccc(OC/C=C(\C)C#Cc2cc(F)cc(F)c2)c(Br)c1)C(=O)O. The van der Waals surface area contributed by atoms with Gasteiger partial charge in [-0.3, -0.25) is 0 Å². The number of benzene rings is 2. The number of aliphatic carboxylic acids is 1. The molecule has 0 aliphatic carbocycles. The quantitative estimate of drug-likeness (QED) is 0.533. The van der Waals surface area contributed by atoms with Crippen LogP contribution < -0.4 is 4.74 Å². The predicted octanol–water partition coefficient (Wildman–Crippen LogP) is 5.14. The fourth-order valence-corrected chi connectivity index (χ4v) is 3.07. The molecule has 30 heavy (non-hydrogen) atoms. The Kier molecular flexibility index (Phi) is 9.03. The summed E-state index contributed by atoms with van der Waals surface area (Å²) in [6.07, 6.45) is 1.10. The lowest BCUT2D eigenvalue weighted by atomic mass is 10.1. The van der Waals surface area contributed by atoms with Crippen LogP contribution in [0.2, 0.25) is 0 Å². The van der Waals surface area contributed by atoms with Crippen LogP contribution in [0.15, 0.2) is 52.5 Å². The third-order valence-electron chi connectivity index (χ3n) is 3.96. The monoisotopic (exact) mass is 478 g/mol. The molecule has 1 atom stereocenters. The second-order valence-corrected chi connectivity index (χ2v) is 7.21. The number of carboxylic acids is 1. The van der Waals surface area contributed by atoms with Gasteiger partial charge in [0.1, 0.15) is 24.0 Å². The smallest absolute Gasteiger partial charge is 0.333 e. The molecule has 0 bridgehead atoms. The molecule has 0 spiro atoms. The molecule has 0 saturated heterocycles. The standard InChI is InChI=1S/C23H21BrF2O4/c1-3-29-22(23(27)28)13-17-6-7-21(20(24)12-17)30-9-8-15(2)4-5-16-10-18(25)14-19(26)11-16/h6-8,10-12,14,22H,3,9,13H2,1-2H3,(H,27,28)/b15-8+/t22-/m0/s1. The van der Waals surface area contributed by atoms with E-state index >= 15 is 0 Å². The maximum absolute atomic E-state index is 13.2. The minimum Gasteiger partial charge on any atom is -0.488 e. The van der Waals surface area contributed by atoms with Crippen molar-refractivity contribution in [3.63, 3.8) is 0 Å². The minimum absolute atomic E-state index is 0.243. The van der Waals surface area contributed by atoms with Crippen molar-refractivity contribution < 1.29 is 28.2 Å². The summed E-state index contributed by atoms with van der Waals surface area (Å²) in [7, 11) is 0. The average Bonchev–Trinajstić information content (AvgIpc) is 2.67. The first-order valence-corrected chi connectivity index (χ1v) is 9.98. The van der Waals surface area contributed by atoms with E-state index in [1.165, 1.54) is 12.1 Å². The van der Waals surface area contributed by atoms with Crippen molar-refractivity contribution in [2.24, 2.45) is 0 Å². The molecule has 0 heterocycles. The van der Waals surface area contributed by atoms with Gasteiger partial charge in [0.15, 0.2) is 6.10 Å². The van der Waals surface area contributed by atoms with Gasteiger partial charge in [0.05, 0.1) is 4.47 Å². The Morgan fingerprint density at radius 1 is 1.23 bits per heavy atom. The first kappa shape index (κ1) is 23.6. The molecule has 158 valence electrons. The van der Waals surface area contributed by atoms with Crippen molar-refractivity contribution in [2.75, 3.05) is 13.2 Å². The van der Waals surface area contributed by atoms with E-state index in [2.05, 4.69) is 27.8 Å². The van der Waals surface area contributed by atoms with E-state index in [-0.39, 0.29) is 18.6 Å². The average molecular weight is 479 g/mol. The van der Waals surface area contributed by atoms with Crippen LogP contribution in [0.5, 0.6) is 5.75 Å². The topological polar surface area (TPSA) is 55.8 Å². The van der Waals surface area contributed by atoms with E-state index in [1.807, 2.05) is 0 Å². The summed E-state index contributed by atoms with van der Waals surface area (Å²) in [5.74, 6) is 3.77. The fraction of sp³-hybridized carbons (Fsp3) is 0.261. The van der Waals surface area contributed by atoms with Crippen LogP contribution in [0.3, 0.4) is 0 Å². The molecule has 0 unspecified atom stereocenters. The van der Waals surface area contributed by atoms with Gasteiger partial charge in [-0.1, -0.05) is 17.9 Å². The van der Waals surface area contributed by atoms with Crippen LogP contribution in [-0.4, -0.2) is 30.4 Å². The van der Waals surface area contributed by atoms with Gasteiger partial charge in [-0.15, -0.1) is 0 Å². The summed E-state index contributed by atoms with van der Waals surface area (Å²) >= 11 is 3.42. The first-order chi connectivity index (χ1) is 14.3. The highest BCUT2D eigenvalue weighted by atomic mass is 79.9. The number of carboxylic acid groups (broad SMARTS) is 1. The normalized spacial score (nSPS) is 12.1. The van der Waals surface area contributed by atoms with E-state index in [9.17, 15) is 18.7 Å². The fourth-order valence-electron chi connectivity index (χ4n) is 2.53. The molecule has 4 nitrogen and oxygen atoms in total. The molecule has 1 N–H and O–H groups in total. The van der Waals surface area contributed by atoms with E-state index in [1.54, 1.807) is 38.1 Å². The number of ether oxygens (including phenoxy) is 2. The van der Waals surface area contributed by atoms with Crippen molar-refractivity contribution in [3.05, 3.63) is 75.3 Å². The number of carbonyl (C=O) groups is 1. The van der Waals surface area contributed by atoms with E-state index in [4.69, 9.17) is 9.47 Å². The molecule has 2 rings (SSSR count). The van der Waals surface area contributed by atoms with Crippen LogP contribution >= 0.6 is 15.9 Å². The van der Waals surface area contributed by atoms with Crippen molar-refractivity contribution in [3.8, 4) is 17.6 Å². The zero-order valence-corrected chi connectivity index (χ0v) is 18.1. The van der Waals surface area contributed by atoms with Gasteiger partial charge >= 0.3 is 5.97 Å². The molecule has 0 saturated carbocycles. The largest absolute Gasteiger partial charge is 0.488 e. The van der Waals surface area contributed by atoms with Crippen molar-refractivity contribution in [2.45, 2.75) is 26.4 Å². The summed E-state index contributed by atoms with van der Waals surface area (Å²) < 4.78 is 38.0. The Morgan fingerprint density at radius 2 is 1.93 bits per heavy atom. The van der Waals surface area contributed by atoms with Crippen molar-refractivity contribution in [1.82, 2.24) is 0 Å². The summed E-state index contributed by atoms with van der Waals surface area (Å²) in [5, 5.41) is 9.19. The van der Waals surface area contributed by atoms with Gasteiger partial charge < -0.3 is 14.6 Å². The molecule has 0 amide bonds. The van der Waals surface area contributed by atoms with E-state index in [0.717, 1.165) is 11.6 Å². The molecule has 2 aromatic carbocycles. The van der Waals surface area contributed by atoms with Gasteiger partial charge in [-0.25, -0.2) is 13.6 Å². The van der Waals surface area contributed by atoms with Gasteiger partial charge in [0.25, 0.3) is 0 Å². The first-order valence-electron chi connectivity index (χ1n) is 9.19.